The van der Waals surface area contributed by atoms with Crippen LogP contribution in [-0.2, 0) is 22.6 Å². The minimum atomic E-state index is 0.0145. The van der Waals surface area contributed by atoms with Crippen molar-refractivity contribution >= 4 is 11.6 Å². The van der Waals surface area contributed by atoms with Crippen LogP contribution in [0.1, 0.15) is 16.7 Å². The molecule has 0 aromatic heterocycles. The predicted octanol–water partition coefficient (Wildman–Crippen LogP) is 0.0721. The van der Waals surface area contributed by atoms with Gasteiger partial charge in [-0.05, 0) is 31.2 Å². The number of carbonyl (C=O) groups excluding carboxylic acids is 1. The van der Waals surface area contributed by atoms with Gasteiger partial charge in [-0.25, -0.2) is 0 Å². The van der Waals surface area contributed by atoms with Crippen LogP contribution in [0.3, 0.4) is 0 Å². The van der Waals surface area contributed by atoms with E-state index in [0.717, 1.165) is 61.3 Å². The molecule has 29 heavy (non-hydrogen) atoms. The second-order valence-corrected chi connectivity index (χ2v) is 7.91. The molecule has 6 nitrogen and oxygen atoms in total. The van der Waals surface area contributed by atoms with Gasteiger partial charge >= 0.3 is 0 Å². The first-order valence-electron chi connectivity index (χ1n) is 10.3. The quantitative estimate of drug-likeness (QED) is 0.589. The van der Waals surface area contributed by atoms with Crippen molar-refractivity contribution in [1.29, 1.82) is 0 Å². The van der Waals surface area contributed by atoms with E-state index in [-0.39, 0.29) is 5.91 Å². The summed E-state index contributed by atoms with van der Waals surface area (Å²) in [5.41, 5.74) is 4.44. The number of morpholine rings is 1. The van der Waals surface area contributed by atoms with Gasteiger partial charge in [0.1, 0.15) is 31.9 Å². The number of ether oxygens (including phenoxy) is 2. The van der Waals surface area contributed by atoms with Crippen molar-refractivity contribution in [2.45, 2.75) is 20.0 Å². The first-order chi connectivity index (χ1) is 14.0. The summed E-state index contributed by atoms with van der Waals surface area (Å²) in [6.07, 6.45) is 0. The number of rotatable bonds is 8. The molecule has 1 aliphatic rings. The van der Waals surface area contributed by atoms with E-state index < -0.39 is 0 Å². The third-order valence-corrected chi connectivity index (χ3v) is 5.28. The SMILES string of the molecule is COc1ccc(C)cc1C[NH+](C)CC(=O)Nc1ccc(C[NH+]2CCOCC2)cc1. The molecule has 2 aromatic carbocycles. The zero-order valence-electron chi connectivity index (χ0n) is 17.7. The zero-order chi connectivity index (χ0) is 20.6. The largest absolute Gasteiger partial charge is 0.496 e. The van der Waals surface area contributed by atoms with E-state index >= 15 is 0 Å². The summed E-state index contributed by atoms with van der Waals surface area (Å²) in [5, 5.41) is 3.01. The van der Waals surface area contributed by atoms with Crippen molar-refractivity contribution in [2.24, 2.45) is 0 Å². The molecule has 0 aliphatic carbocycles. The molecular formula is C23H33N3O3+2. The molecule has 0 spiro atoms. The monoisotopic (exact) mass is 399 g/mol. The van der Waals surface area contributed by atoms with Crippen LogP contribution < -0.4 is 19.9 Å². The maximum Gasteiger partial charge on any atom is 0.279 e. The van der Waals surface area contributed by atoms with Crippen LogP contribution in [0.2, 0.25) is 0 Å². The first kappa shape index (κ1) is 21.3. The molecule has 1 atom stereocenters. The Bertz CT molecular complexity index is 802. The van der Waals surface area contributed by atoms with Gasteiger partial charge < -0.3 is 24.6 Å². The van der Waals surface area contributed by atoms with Gasteiger partial charge in [0.2, 0.25) is 0 Å². The highest BCUT2D eigenvalue weighted by atomic mass is 16.5. The van der Waals surface area contributed by atoms with Crippen molar-refractivity contribution in [3.05, 3.63) is 59.2 Å². The summed E-state index contributed by atoms with van der Waals surface area (Å²) in [7, 11) is 3.70. The Morgan fingerprint density at radius 2 is 1.90 bits per heavy atom. The molecule has 3 rings (SSSR count). The molecule has 1 saturated heterocycles. The third-order valence-electron chi connectivity index (χ3n) is 5.28. The van der Waals surface area contributed by atoms with Crippen LogP contribution in [0.15, 0.2) is 42.5 Å². The van der Waals surface area contributed by atoms with Gasteiger partial charge in [-0.1, -0.05) is 23.8 Å². The third kappa shape index (κ3) is 6.56. The normalized spacial score (nSPS) is 15.7. The summed E-state index contributed by atoms with van der Waals surface area (Å²) in [6.45, 7) is 7.99. The molecule has 1 heterocycles. The van der Waals surface area contributed by atoms with E-state index in [2.05, 4.69) is 30.4 Å². The highest BCUT2D eigenvalue weighted by molar-refractivity contribution is 5.91. The van der Waals surface area contributed by atoms with Crippen LogP contribution in [-0.4, -0.2) is 52.9 Å². The Kier molecular flexibility index (Phi) is 7.63. The zero-order valence-corrected chi connectivity index (χ0v) is 17.7. The standard InChI is InChI=1S/C23H31N3O3/c1-18-4-9-22(28-3)20(14-18)16-25(2)17-23(27)24-21-7-5-19(6-8-21)15-26-10-12-29-13-11-26/h4-9,14H,10-13,15-17H2,1-3H3,(H,24,27)/p+2. The van der Waals surface area contributed by atoms with Gasteiger partial charge in [0.05, 0.1) is 27.4 Å². The molecule has 1 unspecified atom stereocenters. The molecule has 1 amide bonds. The molecule has 0 radical (unpaired) electrons. The molecule has 156 valence electrons. The number of anilines is 1. The lowest BCUT2D eigenvalue weighted by atomic mass is 10.1. The van der Waals surface area contributed by atoms with Gasteiger partial charge in [0.15, 0.2) is 6.54 Å². The van der Waals surface area contributed by atoms with Gasteiger partial charge in [-0.3, -0.25) is 4.79 Å². The summed E-state index contributed by atoms with van der Waals surface area (Å²) in [5.74, 6) is 0.883. The Morgan fingerprint density at radius 1 is 1.17 bits per heavy atom. The van der Waals surface area contributed by atoms with Crippen molar-refractivity contribution in [3.63, 3.8) is 0 Å². The number of likely N-dealkylation sites (N-methyl/N-ethyl adjacent to an activating group) is 1. The van der Waals surface area contributed by atoms with Crippen LogP contribution >= 0.6 is 0 Å². The first-order valence-corrected chi connectivity index (χ1v) is 10.3. The lowest BCUT2D eigenvalue weighted by Crippen LogP contribution is -3.12. The van der Waals surface area contributed by atoms with E-state index in [9.17, 15) is 4.79 Å². The number of amides is 1. The Morgan fingerprint density at radius 3 is 2.59 bits per heavy atom. The predicted molar refractivity (Wildman–Crippen MR) is 113 cm³/mol. The van der Waals surface area contributed by atoms with Gasteiger partial charge in [-0.15, -0.1) is 0 Å². The van der Waals surface area contributed by atoms with Crippen molar-refractivity contribution in [1.82, 2.24) is 0 Å². The number of aryl methyl sites for hydroxylation is 1. The highest BCUT2D eigenvalue weighted by Crippen LogP contribution is 2.18. The second-order valence-electron chi connectivity index (χ2n) is 7.91. The number of hydrogen-bond acceptors (Lipinski definition) is 3. The molecule has 3 N–H and O–H groups in total. The maximum absolute atomic E-state index is 12.5. The fourth-order valence-electron chi connectivity index (χ4n) is 3.74. The second kappa shape index (κ2) is 10.4. The molecule has 0 bridgehead atoms. The number of methoxy groups -OCH3 is 1. The maximum atomic E-state index is 12.5. The van der Waals surface area contributed by atoms with Gasteiger partial charge in [0.25, 0.3) is 5.91 Å². The number of hydrogen-bond donors (Lipinski definition) is 3. The minimum Gasteiger partial charge on any atom is -0.496 e. The number of carbonyl (C=O) groups is 1. The lowest BCUT2D eigenvalue weighted by Gasteiger charge is -2.23. The lowest BCUT2D eigenvalue weighted by molar-refractivity contribution is -0.921. The van der Waals surface area contributed by atoms with E-state index in [4.69, 9.17) is 9.47 Å². The van der Waals surface area contributed by atoms with Crippen molar-refractivity contribution in [3.8, 4) is 5.75 Å². The van der Waals surface area contributed by atoms with Crippen LogP contribution in [0, 0.1) is 6.92 Å². The van der Waals surface area contributed by atoms with Crippen LogP contribution in [0.25, 0.3) is 0 Å². The fraction of sp³-hybridized carbons (Fsp3) is 0.435. The smallest absolute Gasteiger partial charge is 0.279 e. The van der Waals surface area contributed by atoms with E-state index in [1.165, 1.54) is 11.1 Å². The van der Waals surface area contributed by atoms with Gasteiger partial charge in [0, 0.05) is 16.8 Å². The van der Waals surface area contributed by atoms with E-state index in [1.54, 1.807) is 12.0 Å². The average molecular weight is 400 g/mol. The molecular weight excluding hydrogens is 366 g/mol. The number of benzene rings is 2. The van der Waals surface area contributed by atoms with Crippen molar-refractivity contribution < 1.29 is 24.1 Å². The van der Waals surface area contributed by atoms with E-state index in [0.29, 0.717) is 6.54 Å². The van der Waals surface area contributed by atoms with E-state index in [1.807, 2.05) is 31.3 Å². The molecule has 2 aromatic rings. The Balaban J connectivity index is 1.49. The van der Waals surface area contributed by atoms with Gasteiger partial charge in [-0.2, -0.15) is 0 Å². The minimum absolute atomic E-state index is 0.0145. The molecule has 1 aliphatic heterocycles. The van der Waals surface area contributed by atoms with Crippen LogP contribution in [0.5, 0.6) is 5.75 Å². The summed E-state index contributed by atoms with van der Waals surface area (Å²) >= 11 is 0. The fourth-order valence-corrected chi connectivity index (χ4v) is 3.74. The average Bonchev–Trinajstić information content (AvgIpc) is 2.70. The number of nitrogens with one attached hydrogen (secondary N) is 3. The molecule has 6 heteroatoms. The summed E-state index contributed by atoms with van der Waals surface area (Å²) in [4.78, 5) is 15.1. The topological polar surface area (TPSA) is 56.4 Å². The molecule has 0 saturated carbocycles. The van der Waals surface area contributed by atoms with Crippen molar-refractivity contribution in [2.75, 3.05) is 52.3 Å². The Labute approximate surface area is 173 Å². The molecule has 1 fully saturated rings. The van der Waals surface area contributed by atoms with Crippen LogP contribution in [0.4, 0.5) is 5.69 Å². The highest BCUT2D eigenvalue weighted by Gasteiger charge is 2.15. The number of quaternary nitrogens is 2. The Hall–Kier alpha value is -2.41. The summed E-state index contributed by atoms with van der Waals surface area (Å²) in [6, 6.07) is 14.3. The summed E-state index contributed by atoms with van der Waals surface area (Å²) < 4.78 is 10.9.